The summed E-state index contributed by atoms with van der Waals surface area (Å²) in [5.41, 5.74) is 2.80. The summed E-state index contributed by atoms with van der Waals surface area (Å²) in [5.74, 6) is 0.794. The van der Waals surface area contributed by atoms with Gasteiger partial charge in [0.25, 0.3) is 5.91 Å². The van der Waals surface area contributed by atoms with Gasteiger partial charge in [0.1, 0.15) is 0 Å². The van der Waals surface area contributed by atoms with E-state index in [1.807, 2.05) is 41.8 Å². The van der Waals surface area contributed by atoms with Crippen molar-refractivity contribution in [3.05, 3.63) is 59.5 Å². The first-order valence-corrected chi connectivity index (χ1v) is 8.44. The van der Waals surface area contributed by atoms with Crippen LogP contribution >= 0.6 is 11.3 Å². The van der Waals surface area contributed by atoms with Crippen LogP contribution in [-0.4, -0.2) is 22.0 Å². The zero-order valence-corrected chi connectivity index (χ0v) is 13.1. The van der Waals surface area contributed by atoms with E-state index in [0.29, 0.717) is 6.54 Å². The van der Waals surface area contributed by atoms with Gasteiger partial charge in [0, 0.05) is 28.6 Å². The molecule has 4 aromatic rings. The number of hydrogen-bond donors (Lipinski definition) is 0. The summed E-state index contributed by atoms with van der Waals surface area (Å²) in [6.07, 6.45) is 0. The number of para-hydroxylation sites is 2. The SMILES string of the molecule is O=C(c1csc2ccccc12)N1CCn2c1nc1ccccc12. The van der Waals surface area contributed by atoms with Crippen LogP contribution in [0.5, 0.6) is 0 Å². The third-order valence-corrected chi connectivity index (χ3v) is 5.34. The lowest BCUT2D eigenvalue weighted by atomic mass is 10.1. The monoisotopic (exact) mass is 319 g/mol. The summed E-state index contributed by atoms with van der Waals surface area (Å²) >= 11 is 1.61. The van der Waals surface area contributed by atoms with E-state index < -0.39 is 0 Å². The highest BCUT2D eigenvalue weighted by Crippen LogP contribution is 2.31. The molecule has 0 atom stereocenters. The Bertz CT molecular complexity index is 1060. The van der Waals surface area contributed by atoms with E-state index in [-0.39, 0.29) is 5.91 Å². The Balaban J connectivity index is 1.63. The highest BCUT2D eigenvalue weighted by molar-refractivity contribution is 7.17. The minimum absolute atomic E-state index is 0.0384. The number of carbonyl (C=O) groups excluding carboxylic acids is 1. The predicted molar refractivity (Wildman–Crippen MR) is 93.2 cm³/mol. The Morgan fingerprint density at radius 3 is 2.83 bits per heavy atom. The molecule has 1 amide bonds. The Hall–Kier alpha value is -2.66. The van der Waals surface area contributed by atoms with Gasteiger partial charge in [0.2, 0.25) is 5.95 Å². The van der Waals surface area contributed by atoms with E-state index in [1.165, 1.54) is 0 Å². The lowest BCUT2D eigenvalue weighted by molar-refractivity contribution is 0.0990. The molecule has 23 heavy (non-hydrogen) atoms. The van der Waals surface area contributed by atoms with E-state index in [2.05, 4.69) is 21.7 Å². The number of imidazole rings is 1. The van der Waals surface area contributed by atoms with Crippen LogP contribution in [0.15, 0.2) is 53.9 Å². The molecule has 0 saturated heterocycles. The van der Waals surface area contributed by atoms with Crippen molar-refractivity contribution in [2.24, 2.45) is 0 Å². The van der Waals surface area contributed by atoms with E-state index in [9.17, 15) is 4.79 Å². The molecular weight excluding hydrogens is 306 g/mol. The highest BCUT2D eigenvalue weighted by atomic mass is 32.1. The number of hydrogen-bond acceptors (Lipinski definition) is 3. The molecule has 3 heterocycles. The first kappa shape index (κ1) is 12.8. The smallest absolute Gasteiger partial charge is 0.262 e. The van der Waals surface area contributed by atoms with Gasteiger partial charge in [0.05, 0.1) is 16.6 Å². The standard InChI is InChI=1S/C18H13N3OS/c22-17(13-11-23-16-8-4-1-5-12(13)16)21-10-9-20-15-7-3-2-6-14(15)19-18(20)21/h1-8,11H,9-10H2. The van der Waals surface area contributed by atoms with Crippen LogP contribution in [0.4, 0.5) is 5.95 Å². The van der Waals surface area contributed by atoms with Crippen molar-refractivity contribution in [2.45, 2.75) is 6.54 Å². The fraction of sp³-hybridized carbons (Fsp3) is 0.111. The second kappa shape index (κ2) is 4.67. The summed E-state index contributed by atoms with van der Waals surface area (Å²) in [6, 6.07) is 16.1. The molecular formula is C18H13N3OS. The van der Waals surface area contributed by atoms with Gasteiger partial charge in [-0.2, -0.15) is 0 Å². The van der Waals surface area contributed by atoms with Crippen LogP contribution in [0.2, 0.25) is 0 Å². The fourth-order valence-electron chi connectivity index (χ4n) is 3.27. The van der Waals surface area contributed by atoms with Crippen LogP contribution in [0, 0.1) is 0 Å². The zero-order chi connectivity index (χ0) is 15.4. The van der Waals surface area contributed by atoms with Crippen molar-refractivity contribution < 1.29 is 4.79 Å². The third-order valence-electron chi connectivity index (χ3n) is 4.38. The van der Waals surface area contributed by atoms with Crippen LogP contribution in [0.25, 0.3) is 21.1 Å². The number of rotatable bonds is 1. The number of thiophene rings is 1. The first-order chi connectivity index (χ1) is 11.3. The Labute approximate surface area is 136 Å². The second-order valence-electron chi connectivity index (χ2n) is 5.65. The van der Waals surface area contributed by atoms with Crippen molar-refractivity contribution in [1.82, 2.24) is 9.55 Å². The number of anilines is 1. The van der Waals surface area contributed by atoms with Gasteiger partial charge in [-0.3, -0.25) is 9.69 Å². The molecule has 0 radical (unpaired) electrons. The number of benzene rings is 2. The topological polar surface area (TPSA) is 38.1 Å². The van der Waals surface area contributed by atoms with Crippen LogP contribution in [-0.2, 0) is 6.54 Å². The van der Waals surface area contributed by atoms with Crippen LogP contribution in [0.1, 0.15) is 10.4 Å². The molecule has 0 saturated carbocycles. The maximum Gasteiger partial charge on any atom is 0.262 e. The number of amides is 1. The van der Waals surface area contributed by atoms with Gasteiger partial charge in [-0.15, -0.1) is 11.3 Å². The second-order valence-corrected chi connectivity index (χ2v) is 6.57. The first-order valence-electron chi connectivity index (χ1n) is 7.56. The third kappa shape index (κ3) is 1.77. The van der Waals surface area contributed by atoms with E-state index in [4.69, 9.17) is 0 Å². The number of carbonyl (C=O) groups is 1. The maximum atomic E-state index is 13.0. The number of nitrogens with zero attached hydrogens (tertiary/aromatic N) is 3. The van der Waals surface area contributed by atoms with Crippen LogP contribution in [0.3, 0.4) is 0 Å². The molecule has 5 rings (SSSR count). The molecule has 0 spiro atoms. The van der Waals surface area contributed by atoms with Gasteiger partial charge in [-0.05, 0) is 18.2 Å². The fourth-order valence-corrected chi connectivity index (χ4v) is 4.21. The minimum Gasteiger partial charge on any atom is -0.308 e. The predicted octanol–water partition coefficient (Wildman–Crippen LogP) is 3.91. The number of fused-ring (bicyclic) bond motifs is 4. The maximum absolute atomic E-state index is 13.0. The molecule has 5 heteroatoms. The summed E-state index contributed by atoms with van der Waals surface area (Å²) in [6.45, 7) is 1.47. The lowest BCUT2D eigenvalue weighted by Crippen LogP contribution is -2.29. The van der Waals surface area contributed by atoms with E-state index in [0.717, 1.165) is 39.2 Å². The van der Waals surface area contributed by atoms with Crippen molar-refractivity contribution in [3.8, 4) is 0 Å². The van der Waals surface area contributed by atoms with Gasteiger partial charge >= 0.3 is 0 Å². The molecule has 4 nitrogen and oxygen atoms in total. The molecule has 1 aliphatic heterocycles. The van der Waals surface area contributed by atoms with Gasteiger partial charge < -0.3 is 4.57 Å². The molecule has 2 aromatic heterocycles. The minimum atomic E-state index is 0.0384. The molecule has 0 aliphatic carbocycles. The van der Waals surface area contributed by atoms with Crippen molar-refractivity contribution in [3.63, 3.8) is 0 Å². The van der Waals surface area contributed by atoms with E-state index in [1.54, 1.807) is 16.2 Å². The molecule has 0 unspecified atom stereocenters. The summed E-state index contributed by atoms with van der Waals surface area (Å²) in [7, 11) is 0. The Kier molecular flexibility index (Phi) is 2.60. The molecule has 0 bridgehead atoms. The summed E-state index contributed by atoms with van der Waals surface area (Å²) < 4.78 is 3.27. The van der Waals surface area contributed by atoms with Crippen molar-refractivity contribution >= 4 is 44.3 Å². The molecule has 0 fully saturated rings. The van der Waals surface area contributed by atoms with Gasteiger partial charge in [-0.1, -0.05) is 30.3 Å². The number of aromatic nitrogens is 2. The molecule has 2 aromatic carbocycles. The van der Waals surface area contributed by atoms with Crippen molar-refractivity contribution in [1.29, 1.82) is 0 Å². The Morgan fingerprint density at radius 1 is 1.04 bits per heavy atom. The zero-order valence-electron chi connectivity index (χ0n) is 12.3. The summed E-state index contributed by atoms with van der Waals surface area (Å²) in [5, 5.41) is 2.98. The van der Waals surface area contributed by atoms with Crippen molar-refractivity contribution in [2.75, 3.05) is 11.4 Å². The normalized spacial score (nSPS) is 13.8. The largest absolute Gasteiger partial charge is 0.308 e. The average Bonchev–Trinajstić information content (AvgIpc) is 3.27. The lowest BCUT2D eigenvalue weighted by Gasteiger charge is -2.13. The summed E-state index contributed by atoms with van der Waals surface area (Å²) in [4.78, 5) is 19.5. The van der Waals surface area contributed by atoms with Gasteiger partial charge in [-0.25, -0.2) is 4.98 Å². The van der Waals surface area contributed by atoms with E-state index >= 15 is 0 Å². The highest BCUT2D eigenvalue weighted by Gasteiger charge is 2.30. The molecule has 1 aliphatic rings. The Morgan fingerprint density at radius 2 is 1.87 bits per heavy atom. The molecule has 0 N–H and O–H groups in total. The van der Waals surface area contributed by atoms with Gasteiger partial charge in [0.15, 0.2) is 0 Å². The quantitative estimate of drug-likeness (QED) is 0.533. The molecule has 112 valence electrons. The average molecular weight is 319 g/mol. The van der Waals surface area contributed by atoms with Crippen LogP contribution < -0.4 is 4.90 Å².